The average molecular weight is 236 g/mol. The van der Waals surface area contributed by atoms with Gasteiger partial charge in [-0.3, -0.25) is 4.79 Å². The highest BCUT2D eigenvalue weighted by molar-refractivity contribution is 5.81. The van der Waals surface area contributed by atoms with Crippen LogP contribution in [0.15, 0.2) is 12.1 Å². The van der Waals surface area contributed by atoms with E-state index in [4.69, 9.17) is 5.11 Å². The van der Waals surface area contributed by atoms with Crippen molar-refractivity contribution in [1.29, 1.82) is 0 Å². The van der Waals surface area contributed by atoms with Crippen LogP contribution in [0.2, 0.25) is 0 Å². The molecule has 3 nitrogen and oxygen atoms in total. The lowest BCUT2D eigenvalue weighted by Gasteiger charge is -2.27. The maximum Gasteiger partial charge on any atom is 0.313 e. The molecule has 94 valence electrons. The summed E-state index contributed by atoms with van der Waals surface area (Å²) in [5.41, 5.74) is 3.05. The summed E-state index contributed by atoms with van der Waals surface area (Å²) in [7, 11) is 0. The monoisotopic (exact) mass is 236 g/mol. The number of benzene rings is 1. The van der Waals surface area contributed by atoms with Crippen LogP contribution in [-0.2, 0) is 10.2 Å². The zero-order chi connectivity index (χ0) is 13.2. The van der Waals surface area contributed by atoms with Gasteiger partial charge in [-0.15, -0.1) is 0 Å². The van der Waals surface area contributed by atoms with E-state index in [9.17, 15) is 9.90 Å². The summed E-state index contributed by atoms with van der Waals surface area (Å²) in [6.45, 7) is 7.49. The lowest BCUT2D eigenvalue weighted by Crippen LogP contribution is -2.34. The van der Waals surface area contributed by atoms with Crippen LogP contribution in [0, 0.1) is 20.8 Å². The molecule has 0 radical (unpaired) electrons. The van der Waals surface area contributed by atoms with Crippen LogP contribution in [0.25, 0.3) is 0 Å². The van der Waals surface area contributed by atoms with Crippen molar-refractivity contribution in [3.63, 3.8) is 0 Å². The Kier molecular flexibility index (Phi) is 3.94. The molecule has 0 aromatic heterocycles. The predicted octanol–water partition coefficient (Wildman–Crippen LogP) is 2.34. The molecule has 0 heterocycles. The van der Waals surface area contributed by atoms with Gasteiger partial charge in [0, 0.05) is 6.61 Å². The van der Waals surface area contributed by atoms with Gasteiger partial charge in [-0.05, 0) is 56.4 Å². The second-order valence-electron chi connectivity index (χ2n) is 4.79. The van der Waals surface area contributed by atoms with Gasteiger partial charge in [-0.25, -0.2) is 0 Å². The van der Waals surface area contributed by atoms with Crippen molar-refractivity contribution >= 4 is 5.97 Å². The van der Waals surface area contributed by atoms with Gasteiger partial charge >= 0.3 is 5.97 Å². The first-order valence-corrected chi connectivity index (χ1v) is 5.76. The molecule has 1 aromatic rings. The van der Waals surface area contributed by atoms with Crippen LogP contribution in [0.3, 0.4) is 0 Å². The number of aliphatic carboxylic acids is 1. The van der Waals surface area contributed by atoms with Crippen LogP contribution in [-0.4, -0.2) is 22.8 Å². The fraction of sp³-hybridized carbons (Fsp3) is 0.500. The van der Waals surface area contributed by atoms with Crippen molar-refractivity contribution in [2.24, 2.45) is 0 Å². The van der Waals surface area contributed by atoms with Gasteiger partial charge in [0.1, 0.15) is 0 Å². The summed E-state index contributed by atoms with van der Waals surface area (Å²) in [6, 6.07) is 3.80. The Labute approximate surface area is 102 Å². The van der Waals surface area contributed by atoms with E-state index in [-0.39, 0.29) is 13.0 Å². The summed E-state index contributed by atoms with van der Waals surface area (Å²) in [5, 5.41) is 18.5. The first kappa shape index (κ1) is 13.7. The fourth-order valence-electron chi connectivity index (χ4n) is 2.13. The maximum absolute atomic E-state index is 11.4. The Balaban J connectivity index is 3.39. The second kappa shape index (κ2) is 4.88. The topological polar surface area (TPSA) is 57.5 Å². The van der Waals surface area contributed by atoms with Crippen molar-refractivity contribution in [3.05, 3.63) is 34.4 Å². The van der Waals surface area contributed by atoms with Crippen molar-refractivity contribution in [3.8, 4) is 0 Å². The summed E-state index contributed by atoms with van der Waals surface area (Å²) in [4.78, 5) is 11.4. The number of hydrogen-bond donors (Lipinski definition) is 2. The SMILES string of the molecule is Cc1ccc(C(C)(CCO)C(=O)O)c(C)c1C. The molecule has 0 fully saturated rings. The maximum atomic E-state index is 11.4. The Hall–Kier alpha value is -1.35. The summed E-state index contributed by atoms with van der Waals surface area (Å²) < 4.78 is 0. The number of hydrogen-bond acceptors (Lipinski definition) is 2. The molecule has 1 aromatic carbocycles. The van der Waals surface area contributed by atoms with Gasteiger partial charge < -0.3 is 10.2 Å². The molecule has 1 atom stereocenters. The lowest BCUT2D eigenvalue weighted by molar-refractivity contribution is -0.143. The Morgan fingerprint density at radius 1 is 1.24 bits per heavy atom. The van der Waals surface area contributed by atoms with Crippen LogP contribution < -0.4 is 0 Å². The number of aryl methyl sites for hydroxylation is 1. The molecule has 2 N–H and O–H groups in total. The van der Waals surface area contributed by atoms with Crippen molar-refractivity contribution in [2.75, 3.05) is 6.61 Å². The van der Waals surface area contributed by atoms with Crippen LogP contribution in [0.4, 0.5) is 0 Å². The molecule has 0 aliphatic rings. The zero-order valence-electron chi connectivity index (χ0n) is 10.9. The summed E-state index contributed by atoms with van der Waals surface area (Å²) in [6.07, 6.45) is 0.228. The molecular formula is C14H20O3. The Morgan fingerprint density at radius 3 is 2.29 bits per heavy atom. The third kappa shape index (κ3) is 2.34. The van der Waals surface area contributed by atoms with Crippen LogP contribution >= 0.6 is 0 Å². The molecule has 3 heteroatoms. The molecule has 0 bridgehead atoms. The van der Waals surface area contributed by atoms with E-state index in [0.717, 1.165) is 22.3 Å². The third-order valence-corrected chi connectivity index (χ3v) is 3.74. The van der Waals surface area contributed by atoms with E-state index >= 15 is 0 Å². The molecule has 0 aliphatic heterocycles. The van der Waals surface area contributed by atoms with Gasteiger partial charge in [0.2, 0.25) is 0 Å². The van der Waals surface area contributed by atoms with Crippen molar-refractivity contribution < 1.29 is 15.0 Å². The van der Waals surface area contributed by atoms with Crippen LogP contribution in [0.1, 0.15) is 35.6 Å². The van der Waals surface area contributed by atoms with Crippen molar-refractivity contribution in [1.82, 2.24) is 0 Å². The number of aliphatic hydroxyl groups excluding tert-OH is 1. The normalized spacial score (nSPS) is 14.4. The predicted molar refractivity (Wildman–Crippen MR) is 67.3 cm³/mol. The van der Waals surface area contributed by atoms with Gasteiger partial charge in [-0.1, -0.05) is 12.1 Å². The van der Waals surface area contributed by atoms with Crippen LogP contribution in [0.5, 0.6) is 0 Å². The highest BCUT2D eigenvalue weighted by Crippen LogP contribution is 2.32. The standard InChI is InChI=1S/C14H20O3/c1-9-5-6-12(11(3)10(9)2)14(4,7-8-15)13(16)17/h5-6,15H,7-8H2,1-4H3,(H,16,17). The number of aliphatic hydroxyl groups is 1. The van der Waals surface area contributed by atoms with Gasteiger partial charge in [-0.2, -0.15) is 0 Å². The quantitative estimate of drug-likeness (QED) is 0.843. The third-order valence-electron chi connectivity index (χ3n) is 3.74. The molecule has 17 heavy (non-hydrogen) atoms. The number of carboxylic acids is 1. The molecule has 0 spiro atoms. The first-order chi connectivity index (χ1) is 7.84. The Morgan fingerprint density at radius 2 is 1.82 bits per heavy atom. The molecule has 0 aliphatic carbocycles. The minimum absolute atomic E-state index is 0.130. The highest BCUT2D eigenvalue weighted by Gasteiger charge is 2.36. The van der Waals surface area contributed by atoms with Gasteiger partial charge in [0.05, 0.1) is 5.41 Å². The van der Waals surface area contributed by atoms with E-state index in [1.807, 2.05) is 32.9 Å². The van der Waals surface area contributed by atoms with E-state index in [2.05, 4.69) is 0 Å². The number of carbonyl (C=O) groups is 1. The first-order valence-electron chi connectivity index (χ1n) is 5.76. The van der Waals surface area contributed by atoms with E-state index in [1.165, 1.54) is 0 Å². The fourth-order valence-corrected chi connectivity index (χ4v) is 2.13. The second-order valence-corrected chi connectivity index (χ2v) is 4.79. The molecule has 1 rings (SSSR count). The highest BCUT2D eigenvalue weighted by atomic mass is 16.4. The molecule has 0 amide bonds. The zero-order valence-corrected chi connectivity index (χ0v) is 10.9. The van der Waals surface area contributed by atoms with Gasteiger partial charge in [0.15, 0.2) is 0 Å². The largest absolute Gasteiger partial charge is 0.481 e. The summed E-state index contributed by atoms with van der Waals surface area (Å²) >= 11 is 0. The molecular weight excluding hydrogens is 216 g/mol. The van der Waals surface area contributed by atoms with Crippen molar-refractivity contribution in [2.45, 2.75) is 39.5 Å². The minimum Gasteiger partial charge on any atom is -0.481 e. The number of rotatable bonds is 4. The minimum atomic E-state index is -1.02. The van der Waals surface area contributed by atoms with E-state index in [0.29, 0.717) is 0 Å². The molecule has 0 saturated heterocycles. The average Bonchev–Trinajstić information content (AvgIpc) is 2.26. The molecule has 1 unspecified atom stereocenters. The van der Waals surface area contributed by atoms with E-state index < -0.39 is 11.4 Å². The van der Waals surface area contributed by atoms with Gasteiger partial charge in [0.25, 0.3) is 0 Å². The van der Waals surface area contributed by atoms with E-state index in [1.54, 1.807) is 6.92 Å². The lowest BCUT2D eigenvalue weighted by atomic mass is 9.76. The smallest absolute Gasteiger partial charge is 0.313 e. The number of carboxylic acid groups (broad SMARTS) is 1. The Bertz CT molecular complexity index is 437. The molecule has 0 saturated carbocycles. The summed E-state index contributed by atoms with van der Waals surface area (Å²) in [5.74, 6) is -0.891.